The summed E-state index contributed by atoms with van der Waals surface area (Å²) in [6.45, 7) is 1.26. The lowest BCUT2D eigenvalue weighted by atomic mass is 10.1. The Kier molecular flexibility index (Phi) is 5.42. The minimum absolute atomic E-state index is 0.108. The molecule has 0 fully saturated rings. The Morgan fingerprint density at radius 1 is 0.704 bits per heavy atom. The summed E-state index contributed by atoms with van der Waals surface area (Å²) >= 11 is 0. The van der Waals surface area contributed by atoms with E-state index in [1.807, 2.05) is 0 Å². The average molecular weight is 359 g/mol. The number of esters is 1. The molecule has 0 aromatic heterocycles. The maximum atomic E-state index is 13.3. The second kappa shape index (κ2) is 8.10. The molecule has 0 spiro atoms. The summed E-state index contributed by atoms with van der Waals surface area (Å²) in [4.78, 5) is 38.8. The lowest BCUT2D eigenvalue weighted by Gasteiger charge is -2.22. The van der Waals surface area contributed by atoms with Crippen LogP contribution < -0.4 is 9.64 Å². The van der Waals surface area contributed by atoms with Crippen molar-refractivity contribution in [2.45, 2.75) is 6.92 Å². The van der Waals surface area contributed by atoms with Crippen molar-refractivity contribution >= 4 is 23.5 Å². The monoisotopic (exact) mass is 359 g/mol. The smallest absolute Gasteiger partial charge is 0.308 e. The van der Waals surface area contributed by atoms with Gasteiger partial charge in [0.05, 0.1) is 11.3 Å². The summed E-state index contributed by atoms with van der Waals surface area (Å²) in [6, 6.07) is 23.5. The molecule has 0 aliphatic carbocycles. The van der Waals surface area contributed by atoms with Crippen LogP contribution in [0.15, 0.2) is 84.9 Å². The molecular weight excluding hydrogens is 342 g/mol. The Labute approximate surface area is 156 Å². The number of anilines is 1. The van der Waals surface area contributed by atoms with Gasteiger partial charge in [-0.25, -0.2) is 4.90 Å². The second-order valence-electron chi connectivity index (χ2n) is 5.74. The standard InChI is InChI=1S/C22H17NO4/c1-16(24)27-20-15-9-8-14-19(20)22(26)23(18-12-6-3-7-13-18)21(25)17-10-4-2-5-11-17/h2-15H,1H3. The largest absolute Gasteiger partial charge is 0.426 e. The van der Waals surface area contributed by atoms with Crippen molar-refractivity contribution in [1.29, 1.82) is 0 Å². The van der Waals surface area contributed by atoms with Crippen LogP contribution in [0, 0.1) is 0 Å². The zero-order valence-corrected chi connectivity index (χ0v) is 14.7. The van der Waals surface area contributed by atoms with Crippen molar-refractivity contribution in [2.75, 3.05) is 4.90 Å². The molecule has 0 bridgehead atoms. The van der Waals surface area contributed by atoms with Crippen molar-refractivity contribution in [3.05, 3.63) is 96.1 Å². The number of benzene rings is 3. The summed E-state index contributed by atoms with van der Waals surface area (Å²) in [5, 5.41) is 0. The molecule has 3 rings (SSSR count). The van der Waals surface area contributed by atoms with E-state index < -0.39 is 17.8 Å². The normalized spacial score (nSPS) is 10.1. The second-order valence-corrected chi connectivity index (χ2v) is 5.74. The lowest BCUT2D eigenvalue weighted by molar-refractivity contribution is -0.131. The van der Waals surface area contributed by atoms with Gasteiger partial charge in [-0.3, -0.25) is 14.4 Å². The Hall–Kier alpha value is -3.73. The van der Waals surface area contributed by atoms with Crippen LogP contribution in [0.4, 0.5) is 5.69 Å². The highest BCUT2D eigenvalue weighted by atomic mass is 16.5. The van der Waals surface area contributed by atoms with Crippen LogP contribution in [0.3, 0.4) is 0 Å². The Morgan fingerprint density at radius 2 is 1.26 bits per heavy atom. The van der Waals surface area contributed by atoms with Crippen molar-refractivity contribution < 1.29 is 19.1 Å². The lowest BCUT2D eigenvalue weighted by Crippen LogP contribution is -2.37. The Balaban J connectivity index is 2.08. The van der Waals surface area contributed by atoms with Gasteiger partial charge in [0.1, 0.15) is 5.75 Å². The first-order chi connectivity index (χ1) is 13.1. The van der Waals surface area contributed by atoms with Crippen LogP contribution >= 0.6 is 0 Å². The Bertz CT molecular complexity index is 968. The van der Waals surface area contributed by atoms with E-state index in [-0.39, 0.29) is 11.3 Å². The molecule has 0 saturated heterocycles. The topological polar surface area (TPSA) is 63.7 Å². The predicted molar refractivity (Wildman–Crippen MR) is 102 cm³/mol. The number of hydrogen-bond donors (Lipinski definition) is 0. The minimum atomic E-state index is -0.577. The molecule has 0 atom stereocenters. The number of carbonyl (C=O) groups excluding carboxylic acids is 3. The van der Waals surface area contributed by atoms with Gasteiger partial charge in [-0.2, -0.15) is 0 Å². The number of hydrogen-bond acceptors (Lipinski definition) is 4. The molecule has 0 aliphatic rings. The van der Waals surface area contributed by atoms with Gasteiger partial charge in [0.2, 0.25) is 0 Å². The van der Waals surface area contributed by atoms with Gasteiger partial charge < -0.3 is 4.74 Å². The van der Waals surface area contributed by atoms with Crippen molar-refractivity contribution in [3.63, 3.8) is 0 Å². The fourth-order valence-corrected chi connectivity index (χ4v) is 2.62. The van der Waals surface area contributed by atoms with Gasteiger partial charge in [-0.15, -0.1) is 0 Å². The molecule has 27 heavy (non-hydrogen) atoms. The first-order valence-corrected chi connectivity index (χ1v) is 8.34. The van der Waals surface area contributed by atoms with E-state index in [9.17, 15) is 14.4 Å². The van der Waals surface area contributed by atoms with E-state index in [0.717, 1.165) is 4.90 Å². The highest BCUT2D eigenvalue weighted by Gasteiger charge is 2.28. The molecule has 0 heterocycles. The highest BCUT2D eigenvalue weighted by molar-refractivity contribution is 6.26. The number of nitrogens with zero attached hydrogens (tertiary/aromatic N) is 1. The number of ether oxygens (including phenoxy) is 1. The van der Waals surface area contributed by atoms with Crippen molar-refractivity contribution in [3.8, 4) is 5.75 Å². The molecular formula is C22H17NO4. The first-order valence-electron chi connectivity index (χ1n) is 8.34. The molecule has 3 aromatic carbocycles. The molecule has 3 aromatic rings. The fraction of sp³-hybridized carbons (Fsp3) is 0.0455. The zero-order chi connectivity index (χ0) is 19.2. The number of para-hydroxylation sites is 2. The third kappa shape index (κ3) is 4.10. The summed E-state index contributed by atoms with van der Waals surface area (Å²) < 4.78 is 5.14. The summed E-state index contributed by atoms with van der Waals surface area (Å²) in [7, 11) is 0. The van der Waals surface area contributed by atoms with Crippen LogP contribution in [-0.4, -0.2) is 17.8 Å². The van der Waals surface area contributed by atoms with Gasteiger partial charge in [-0.05, 0) is 36.4 Å². The van der Waals surface area contributed by atoms with Gasteiger partial charge in [0.15, 0.2) is 0 Å². The SMILES string of the molecule is CC(=O)Oc1ccccc1C(=O)N(C(=O)c1ccccc1)c1ccccc1. The van der Waals surface area contributed by atoms with Crippen LogP contribution in [0.1, 0.15) is 27.6 Å². The number of carbonyl (C=O) groups is 3. The molecule has 5 heteroatoms. The number of rotatable bonds is 4. The maximum absolute atomic E-state index is 13.3. The van der Waals surface area contributed by atoms with Gasteiger partial charge >= 0.3 is 5.97 Å². The third-order valence-corrected chi connectivity index (χ3v) is 3.81. The molecule has 0 unspecified atom stereocenters. The van der Waals surface area contributed by atoms with Crippen LogP contribution in [0.25, 0.3) is 0 Å². The third-order valence-electron chi connectivity index (χ3n) is 3.81. The van der Waals surface area contributed by atoms with Crippen LogP contribution in [0.5, 0.6) is 5.75 Å². The maximum Gasteiger partial charge on any atom is 0.308 e. The van der Waals surface area contributed by atoms with Gasteiger partial charge in [0, 0.05) is 12.5 Å². The molecule has 0 radical (unpaired) electrons. The summed E-state index contributed by atoms with van der Waals surface area (Å²) in [5.74, 6) is -1.48. The Morgan fingerprint density at radius 3 is 1.89 bits per heavy atom. The van der Waals surface area contributed by atoms with E-state index in [1.54, 1.807) is 72.8 Å². The van der Waals surface area contributed by atoms with E-state index in [1.165, 1.54) is 19.1 Å². The average Bonchev–Trinajstić information content (AvgIpc) is 2.69. The number of amides is 2. The molecule has 134 valence electrons. The molecule has 0 N–H and O–H groups in total. The zero-order valence-electron chi connectivity index (χ0n) is 14.7. The van der Waals surface area contributed by atoms with E-state index in [0.29, 0.717) is 11.3 Å². The summed E-state index contributed by atoms with van der Waals surface area (Å²) in [6.07, 6.45) is 0. The van der Waals surface area contributed by atoms with Crippen LogP contribution in [-0.2, 0) is 4.79 Å². The molecule has 0 aliphatic heterocycles. The molecule has 5 nitrogen and oxygen atoms in total. The van der Waals surface area contributed by atoms with Crippen molar-refractivity contribution in [1.82, 2.24) is 0 Å². The fourth-order valence-electron chi connectivity index (χ4n) is 2.62. The van der Waals surface area contributed by atoms with Gasteiger partial charge in [0.25, 0.3) is 11.8 Å². The van der Waals surface area contributed by atoms with E-state index >= 15 is 0 Å². The molecule has 0 saturated carbocycles. The van der Waals surface area contributed by atoms with Crippen molar-refractivity contribution in [2.24, 2.45) is 0 Å². The molecule has 2 amide bonds. The minimum Gasteiger partial charge on any atom is -0.426 e. The predicted octanol–water partition coefficient (Wildman–Crippen LogP) is 4.10. The highest BCUT2D eigenvalue weighted by Crippen LogP contribution is 2.25. The van der Waals surface area contributed by atoms with Crippen LogP contribution in [0.2, 0.25) is 0 Å². The first kappa shape index (κ1) is 18.1. The van der Waals surface area contributed by atoms with E-state index in [4.69, 9.17) is 4.74 Å². The number of imide groups is 1. The van der Waals surface area contributed by atoms with E-state index in [2.05, 4.69) is 0 Å². The van der Waals surface area contributed by atoms with Gasteiger partial charge in [-0.1, -0.05) is 48.5 Å². The quantitative estimate of drug-likeness (QED) is 0.400. The summed E-state index contributed by atoms with van der Waals surface area (Å²) in [5.41, 5.74) is 0.925.